The molecule has 6 aromatic rings. The second-order valence-corrected chi connectivity index (χ2v) is 23.6. The number of rotatable bonds is 18. The molecule has 51 heavy (non-hydrogen) atoms. The third-order valence-electron chi connectivity index (χ3n) is 9.19. The van der Waals surface area contributed by atoms with Crippen molar-refractivity contribution >= 4 is 47.8 Å². The van der Waals surface area contributed by atoms with E-state index in [2.05, 4.69) is 196 Å². The average Bonchev–Trinajstić information content (AvgIpc) is 3.21. The standard InChI is InChI=1S/2C18H15OSi.2C4H9O.Ti/c2*19-20(16-10-4-1-5-11-16,17-12-6-2-7-13-17)18-14-8-3-9-15-18;2*1-2-3-4-5;/h2*1-15H;2*2-4H2,1H3;/q4*-1;+4. The van der Waals surface area contributed by atoms with Crippen molar-refractivity contribution in [1.29, 1.82) is 0 Å². The third kappa shape index (κ3) is 8.36. The molecule has 260 valence electrons. The maximum atomic E-state index is 8.09. The Morgan fingerprint density at radius 2 is 0.569 bits per heavy atom. The molecule has 0 saturated carbocycles. The quantitative estimate of drug-likeness (QED) is 0.0552. The minimum atomic E-state index is -4.89. The van der Waals surface area contributed by atoms with Gasteiger partial charge in [-0.25, -0.2) is 0 Å². The number of benzene rings is 6. The average molecular weight is 745 g/mol. The van der Waals surface area contributed by atoms with E-state index in [4.69, 9.17) is 12.7 Å². The zero-order chi connectivity index (χ0) is 35.2. The fourth-order valence-electron chi connectivity index (χ4n) is 6.63. The Hall–Kier alpha value is -3.69. The van der Waals surface area contributed by atoms with Gasteiger partial charge in [0.05, 0.1) is 0 Å². The van der Waals surface area contributed by atoms with Crippen LogP contribution in [0.15, 0.2) is 182 Å². The Morgan fingerprint density at radius 1 is 0.353 bits per heavy atom. The molecular formula is C44H48O4Si2Ti. The molecule has 0 aromatic heterocycles. The molecule has 4 nitrogen and oxygen atoms in total. The predicted molar refractivity (Wildman–Crippen MR) is 212 cm³/mol. The van der Waals surface area contributed by atoms with Gasteiger partial charge < -0.3 is 0 Å². The summed E-state index contributed by atoms with van der Waals surface area (Å²) in [7, 11) is -6.70. The molecule has 0 aliphatic carbocycles. The Morgan fingerprint density at radius 3 is 0.765 bits per heavy atom. The molecule has 0 heterocycles. The molecular weight excluding hydrogens is 697 g/mol. The fourth-order valence-corrected chi connectivity index (χ4v) is 24.3. The molecule has 0 fully saturated rings. The van der Waals surface area contributed by atoms with Crippen LogP contribution < -0.4 is 31.1 Å². The minimum absolute atomic E-state index is 0.480. The van der Waals surface area contributed by atoms with Crippen molar-refractivity contribution in [2.24, 2.45) is 0 Å². The van der Waals surface area contributed by atoms with Crippen molar-refractivity contribution in [3.8, 4) is 0 Å². The maximum absolute atomic E-state index is 8.09. The Bertz CT molecular complexity index is 1530. The Labute approximate surface area is 311 Å². The molecule has 7 heteroatoms. The summed E-state index contributed by atoms with van der Waals surface area (Å²) in [5.41, 5.74) is 0. The summed E-state index contributed by atoms with van der Waals surface area (Å²) >= 11 is -4.89. The second kappa shape index (κ2) is 18.2. The molecule has 0 bridgehead atoms. The van der Waals surface area contributed by atoms with Gasteiger partial charge in [-0.3, -0.25) is 0 Å². The second-order valence-electron chi connectivity index (χ2n) is 12.7. The molecule has 6 rings (SSSR count). The van der Waals surface area contributed by atoms with Crippen LogP contribution in [0.4, 0.5) is 0 Å². The van der Waals surface area contributed by atoms with Crippen LogP contribution in [-0.2, 0) is 30.8 Å². The van der Waals surface area contributed by atoms with Gasteiger partial charge in [-0.2, -0.15) is 0 Å². The molecule has 0 aliphatic heterocycles. The molecule has 0 spiro atoms. The summed E-state index contributed by atoms with van der Waals surface area (Å²) in [4.78, 5) is 0. The van der Waals surface area contributed by atoms with Crippen LogP contribution in [0.5, 0.6) is 0 Å². The van der Waals surface area contributed by atoms with E-state index in [9.17, 15) is 0 Å². The number of hydrogen-bond acceptors (Lipinski definition) is 4. The molecule has 0 atom stereocenters. The molecule has 0 unspecified atom stereocenters. The first-order chi connectivity index (χ1) is 25.2. The van der Waals surface area contributed by atoms with E-state index in [-0.39, 0.29) is 0 Å². The van der Waals surface area contributed by atoms with E-state index in [1.807, 2.05) is 0 Å². The molecule has 0 radical (unpaired) electrons. The summed E-state index contributed by atoms with van der Waals surface area (Å²) < 4.78 is 30.7. The van der Waals surface area contributed by atoms with Crippen molar-refractivity contribution < 1.29 is 30.8 Å². The molecule has 0 amide bonds. The fraction of sp³-hybridized carbons (Fsp3) is 0.182. The van der Waals surface area contributed by atoms with Gasteiger partial charge in [-0.1, -0.05) is 0 Å². The third-order valence-corrected chi connectivity index (χ3v) is 24.1. The summed E-state index contributed by atoms with van der Waals surface area (Å²) in [6.45, 7) is 5.33. The van der Waals surface area contributed by atoms with Crippen LogP contribution in [-0.4, -0.2) is 29.8 Å². The summed E-state index contributed by atoms with van der Waals surface area (Å²) in [5.74, 6) is 0. The topological polar surface area (TPSA) is 36.9 Å². The SMILES string of the molecule is CCCC[O][Ti]([O]CCCC)([O][Si](c1ccccc1)(c1ccccc1)c1ccccc1)[O][Si](c1ccccc1)(c1ccccc1)c1ccccc1. The summed E-state index contributed by atoms with van der Waals surface area (Å²) in [6, 6.07) is 64.1. The normalized spacial score (nSPS) is 12.1. The van der Waals surface area contributed by atoms with Crippen molar-refractivity contribution in [3.63, 3.8) is 0 Å². The van der Waals surface area contributed by atoms with Crippen molar-refractivity contribution in [2.75, 3.05) is 13.2 Å². The summed E-state index contributed by atoms with van der Waals surface area (Å²) in [5, 5.41) is 6.70. The van der Waals surface area contributed by atoms with Crippen LogP contribution in [0.25, 0.3) is 0 Å². The van der Waals surface area contributed by atoms with Gasteiger partial charge in [-0.15, -0.1) is 0 Å². The summed E-state index contributed by atoms with van der Waals surface area (Å²) in [6.07, 6.45) is 3.68. The van der Waals surface area contributed by atoms with Crippen LogP contribution in [0.2, 0.25) is 0 Å². The van der Waals surface area contributed by atoms with Crippen LogP contribution in [0.3, 0.4) is 0 Å². The first-order valence-electron chi connectivity index (χ1n) is 18.2. The monoisotopic (exact) mass is 744 g/mol. The van der Waals surface area contributed by atoms with E-state index >= 15 is 0 Å². The zero-order valence-electron chi connectivity index (χ0n) is 29.7. The van der Waals surface area contributed by atoms with Gasteiger partial charge in [0, 0.05) is 0 Å². The van der Waals surface area contributed by atoms with Crippen molar-refractivity contribution in [3.05, 3.63) is 182 Å². The number of hydrogen-bond donors (Lipinski definition) is 0. The van der Waals surface area contributed by atoms with E-state index in [1.54, 1.807) is 0 Å². The van der Waals surface area contributed by atoms with Crippen molar-refractivity contribution in [1.82, 2.24) is 0 Å². The van der Waals surface area contributed by atoms with E-state index in [1.165, 1.54) is 0 Å². The Balaban J connectivity index is 1.68. The van der Waals surface area contributed by atoms with Gasteiger partial charge in [0.25, 0.3) is 0 Å². The zero-order valence-corrected chi connectivity index (χ0v) is 33.3. The van der Waals surface area contributed by atoms with Crippen molar-refractivity contribution in [2.45, 2.75) is 39.5 Å². The van der Waals surface area contributed by atoms with Crippen LogP contribution >= 0.6 is 0 Å². The molecule has 6 aromatic carbocycles. The van der Waals surface area contributed by atoms with Crippen LogP contribution in [0.1, 0.15) is 39.5 Å². The Kier molecular flexibility index (Phi) is 13.2. The van der Waals surface area contributed by atoms with Crippen LogP contribution in [0, 0.1) is 0 Å². The predicted octanol–water partition coefficient (Wildman–Crippen LogP) is 6.80. The van der Waals surface area contributed by atoms with Gasteiger partial charge in [0.2, 0.25) is 0 Å². The van der Waals surface area contributed by atoms with E-state index < -0.39 is 34.8 Å². The van der Waals surface area contributed by atoms with E-state index in [0.29, 0.717) is 13.2 Å². The van der Waals surface area contributed by atoms with E-state index in [0.717, 1.165) is 56.8 Å². The van der Waals surface area contributed by atoms with Gasteiger partial charge in [0.15, 0.2) is 0 Å². The molecule has 0 N–H and O–H groups in total. The number of unbranched alkanes of at least 4 members (excludes halogenated alkanes) is 2. The van der Waals surface area contributed by atoms with Gasteiger partial charge >= 0.3 is 313 Å². The van der Waals surface area contributed by atoms with Gasteiger partial charge in [-0.05, 0) is 0 Å². The molecule has 0 aliphatic rings. The first kappa shape index (κ1) is 37.1. The first-order valence-corrected chi connectivity index (χ1v) is 24.5. The molecule has 0 saturated heterocycles. The van der Waals surface area contributed by atoms with Gasteiger partial charge in [0.1, 0.15) is 0 Å².